The maximum Gasteiger partial charge on any atom is 0.0388 e. The third-order valence-corrected chi connectivity index (χ3v) is 11.5. The average molecular weight is 489 g/mol. The lowest BCUT2D eigenvalue weighted by Crippen LogP contribution is -1.80. The smallest absolute Gasteiger partial charge is 0.0388 e. The zero-order chi connectivity index (χ0) is 22.3. The Morgan fingerprint density at radius 3 is 1.12 bits per heavy atom. The van der Waals surface area contributed by atoms with Gasteiger partial charge in [0.1, 0.15) is 0 Å². The minimum Gasteiger partial charge on any atom is -0.140 e. The Morgan fingerprint density at radius 2 is 0.750 bits per heavy atom. The van der Waals surface area contributed by atoms with E-state index in [0.717, 1.165) is 0 Å². The molecule has 4 heteroatoms. The van der Waals surface area contributed by atoms with Crippen molar-refractivity contribution >= 4 is 97.8 Å². The van der Waals surface area contributed by atoms with Gasteiger partial charge < -0.3 is 0 Å². The van der Waals surface area contributed by atoms with Gasteiger partial charge in [-0.1, -0.05) is 0 Å². The molecule has 0 atom stereocenters. The molecule has 0 nitrogen and oxygen atoms in total. The largest absolute Gasteiger partial charge is 0.140 e. The molecule has 160 valence electrons. The van der Waals surface area contributed by atoms with Crippen molar-refractivity contribution in [2.45, 2.75) is 41.5 Å². The van der Waals surface area contributed by atoms with Gasteiger partial charge in [0.25, 0.3) is 0 Å². The van der Waals surface area contributed by atoms with Crippen LogP contribution in [0.4, 0.5) is 0 Å². The van der Waals surface area contributed by atoms with Crippen LogP contribution in [0.25, 0.3) is 52.5 Å². The van der Waals surface area contributed by atoms with E-state index in [1.807, 2.05) is 45.3 Å². The van der Waals surface area contributed by atoms with Crippen LogP contribution in [0.1, 0.15) is 41.8 Å². The lowest BCUT2D eigenvalue weighted by Gasteiger charge is -2.03. The van der Waals surface area contributed by atoms with Gasteiger partial charge in [-0.3, -0.25) is 0 Å². The minimum absolute atomic E-state index is 1.33. The summed E-state index contributed by atoms with van der Waals surface area (Å²) in [6, 6.07) is 9.50. The van der Waals surface area contributed by atoms with Gasteiger partial charge in [0.15, 0.2) is 0 Å². The summed E-state index contributed by atoms with van der Waals surface area (Å²) < 4.78 is 5.77. The number of fused-ring (bicyclic) bond motifs is 6. The molecular weight excluding hydrogens is 465 g/mol. The highest BCUT2D eigenvalue weighted by Crippen LogP contribution is 2.43. The van der Waals surface area contributed by atoms with Crippen molar-refractivity contribution in [1.82, 2.24) is 0 Å². The summed E-state index contributed by atoms with van der Waals surface area (Å²) in [5.74, 6) is 0. The second-order valence-electron chi connectivity index (χ2n) is 8.82. The first-order chi connectivity index (χ1) is 15.3. The number of hydrogen-bond acceptors (Lipinski definition) is 4. The van der Waals surface area contributed by atoms with Crippen LogP contribution in [0.5, 0.6) is 0 Å². The monoisotopic (exact) mass is 488 g/mol. The third kappa shape index (κ3) is 2.97. The van der Waals surface area contributed by atoms with Crippen LogP contribution in [-0.2, 0) is 0 Å². The van der Waals surface area contributed by atoms with Crippen LogP contribution in [0.2, 0.25) is 0 Å². The Kier molecular flexibility index (Phi) is 4.68. The summed E-state index contributed by atoms with van der Waals surface area (Å²) in [5.41, 5.74) is 5.74. The predicted octanol–water partition coefficient (Wildman–Crippen LogP) is 10.6. The lowest BCUT2D eigenvalue weighted by atomic mass is 10.0. The molecule has 0 aliphatic rings. The maximum atomic E-state index is 2.39. The van der Waals surface area contributed by atoms with Crippen molar-refractivity contribution in [2.75, 3.05) is 0 Å². The normalized spacial score (nSPS) is 12.6. The van der Waals surface area contributed by atoms with Crippen LogP contribution in [-0.4, -0.2) is 0 Å². The zero-order valence-electron chi connectivity index (χ0n) is 19.1. The topological polar surface area (TPSA) is 0 Å². The summed E-state index contributed by atoms with van der Waals surface area (Å²) in [6.07, 6.45) is 4.63. The van der Waals surface area contributed by atoms with Crippen molar-refractivity contribution in [3.8, 4) is 0 Å². The summed E-state index contributed by atoms with van der Waals surface area (Å²) >= 11 is 7.70. The minimum atomic E-state index is 1.33. The summed E-state index contributed by atoms with van der Waals surface area (Å²) in [6.45, 7) is 13.5. The van der Waals surface area contributed by atoms with Crippen molar-refractivity contribution in [3.63, 3.8) is 0 Å². The lowest BCUT2D eigenvalue weighted by molar-refractivity contribution is 1.44. The van der Waals surface area contributed by atoms with Crippen molar-refractivity contribution in [2.24, 2.45) is 0 Å². The first kappa shape index (κ1) is 20.6. The standard InChI is InChI=1S/C28H24S4/c1-13-9-21-23-11-19(31-27(23)17(5)15(3)25(21)29-13)7-8-20-12-24-22-10-14(2)30-26(22)16(4)18(6)28(24)32-20/h7-12H,1-6H3/b8-7+. The Labute approximate surface area is 204 Å². The van der Waals surface area contributed by atoms with Crippen LogP contribution in [0, 0.1) is 41.5 Å². The van der Waals surface area contributed by atoms with Crippen LogP contribution >= 0.6 is 45.3 Å². The van der Waals surface area contributed by atoms with E-state index in [0.29, 0.717) is 0 Å². The molecule has 4 aromatic heterocycles. The fourth-order valence-electron chi connectivity index (χ4n) is 4.77. The van der Waals surface area contributed by atoms with E-state index in [9.17, 15) is 0 Å². The Balaban J connectivity index is 1.49. The maximum absolute atomic E-state index is 2.39. The highest BCUT2D eigenvalue weighted by Gasteiger charge is 2.15. The van der Waals surface area contributed by atoms with Gasteiger partial charge in [-0.05, 0) is 100 Å². The van der Waals surface area contributed by atoms with Crippen LogP contribution in [0.3, 0.4) is 0 Å². The molecule has 0 spiro atoms. The van der Waals surface area contributed by atoms with E-state index < -0.39 is 0 Å². The molecule has 0 aliphatic heterocycles. The van der Waals surface area contributed by atoms with E-state index in [1.54, 1.807) is 0 Å². The van der Waals surface area contributed by atoms with Gasteiger partial charge in [0, 0.05) is 59.9 Å². The molecule has 0 saturated carbocycles. The van der Waals surface area contributed by atoms with Gasteiger partial charge >= 0.3 is 0 Å². The highest BCUT2D eigenvalue weighted by molar-refractivity contribution is 7.22. The fraction of sp³-hybridized carbons (Fsp3) is 0.214. The van der Waals surface area contributed by atoms with E-state index >= 15 is 0 Å². The third-order valence-electron chi connectivity index (χ3n) is 6.69. The van der Waals surface area contributed by atoms with Crippen molar-refractivity contribution < 1.29 is 0 Å². The van der Waals surface area contributed by atoms with E-state index in [4.69, 9.17) is 0 Å². The molecule has 0 unspecified atom stereocenters. The molecular formula is C28H24S4. The Hall–Kier alpha value is -1.98. The molecule has 0 N–H and O–H groups in total. The molecule has 32 heavy (non-hydrogen) atoms. The van der Waals surface area contributed by atoms with E-state index in [2.05, 4.69) is 78.0 Å². The molecule has 0 radical (unpaired) electrons. The van der Waals surface area contributed by atoms with E-state index in [-0.39, 0.29) is 0 Å². The zero-order valence-corrected chi connectivity index (χ0v) is 22.4. The summed E-state index contributed by atoms with van der Waals surface area (Å²) in [4.78, 5) is 5.45. The molecule has 2 aromatic carbocycles. The van der Waals surface area contributed by atoms with Crippen molar-refractivity contribution in [1.29, 1.82) is 0 Å². The van der Waals surface area contributed by atoms with Crippen molar-refractivity contribution in [3.05, 3.63) is 66.0 Å². The quantitative estimate of drug-likeness (QED) is 0.227. The second-order valence-corrected chi connectivity index (χ2v) is 13.5. The molecule has 6 aromatic rings. The number of hydrogen-bond donors (Lipinski definition) is 0. The molecule has 6 rings (SSSR count). The molecule has 0 aliphatic carbocycles. The summed E-state index contributed by atoms with van der Waals surface area (Å²) in [5, 5.41) is 5.67. The average Bonchev–Trinajstić information content (AvgIpc) is 3.52. The Morgan fingerprint density at radius 1 is 0.438 bits per heavy atom. The fourth-order valence-corrected chi connectivity index (χ4v) is 9.21. The SMILES string of the molecule is Cc1cc2c(s1)c(C)c(C)c1sc(/C=C/c3cc4c(s3)c(C)c(C)c3sc(C)cc34)cc12. The predicted molar refractivity (Wildman–Crippen MR) is 152 cm³/mol. The van der Waals surface area contributed by atoms with Gasteiger partial charge in [0.05, 0.1) is 0 Å². The molecule has 0 bridgehead atoms. The first-order valence-electron chi connectivity index (χ1n) is 10.9. The number of benzene rings is 2. The number of thiophene rings is 4. The Bertz CT molecular complexity index is 1600. The summed E-state index contributed by atoms with van der Waals surface area (Å²) in [7, 11) is 0. The van der Waals surface area contributed by atoms with Gasteiger partial charge in [-0.15, -0.1) is 45.3 Å². The number of aryl methyl sites for hydroxylation is 6. The number of rotatable bonds is 2. The highest BCUT2D eigenvalue weighted by atomic mass is 32.1. The second kappa shape index (κ2) is 7.26. The first-order valence-corrected chi connectivity index (χ1v) is 14.1. The van der Waals surface area contributed by atoms with Gasteiger partial charge in [-0.2, -0.15) is 0 Å². The van der Waals surface area contributed by atoms with Gasteiger partial charge in [-0.25, -0.2) is 0 Å². The molecule has 0 saturated heterocycles. The molecule has 0 fully saturated rings. The van der Waals surface area contributed by atoms with E-state index in [1.165, 1.54) is 82.1 Å². The van der Waals surface area contributed by atoms with Gasteiger partial charge in [0.2, 0.25) is 0 Å². The van der Waals surface area contributed by atoms with Crippen LogP contribution < -0.4 is 0 Å². The molecule has 0 amide bonds. The molecule has 4 heterocycles. The van der Waals surface area contributed by atoms with Crippen LogP contribution in [0.15, 0.2) is 24.3 Å².